The Bertz CT molecular complexity index is 906. The lowest BCUT2D eigenvalue weighted by Crippen LogP contribution is -2.52. The van der Waals surface area contributed by atoms with Crippen LogP contribution in [-0.4, -0.2) is 68.3 Å². The molecule has 9 nitrogen and oxygen atoms in total. The van der Waals surface area contributed by atoms with Crippen LogP contribution in [0, 0.1) is 0 Å². The van der Waals surface area contributed by atoms with Crippen molar-refractivity contribution in [2.75, 3.05) is 43.7 Å². The van der Waals surface area contributed by atoms with Gasteiger partial charge in [-0.25, -0.2) is 13.4 Å². The van der Waals surface area contributed by atoms with E-state index in [1.165, 1.54) is 0 Å². The van der Waals surface area contributed by atoms with Crippen LogP contribution in [0.1, 0.15) is 18.2 Å². The first-order valence-electron chi connectivity index (χ1n) is 9.65. The van der Waals surface area contributed by atoms with E-state index < -0.39 is 10.0 Å². The van der Waals surface area contributed by atoms with Crippen LogP contribution in [0.2, 0.25) is 0 Å². The second-order valence-corrected chi connectivity index (χ2v) is 8.70. The molecule has 1 aromatic heterocycles. The molecule has 1 fully saturated rings. The fourth-order valence-corrected chi connectivity index (χ4v) is 3.81. The summed E-state index contributed by atoms with van der Waals surface area (Å²) >= 11 is 0. The zero-order chi connectivity index (χ0) is 20.7. The first-order chi connectivity index (χ1) is 13.9. The molecule has 2 aromatic rings. The third-order valence-electron chi connectivity index (χ3n) is 4.60. The molecule has 0 bridgehead atoms. The predicted octanol–water partition coefficient (Wildman–Crippen LogP) is 1.33. The third-order valence-corrected chi connectivity index (χ3v) is 5.19. The zero-order valence-electron chi connectivity index (χ0n) is 16.8. The lowest BCUT2D eigenvalue weighted by Gasteiger charge is -2.36. The predicted molar refractivity (Wildman–Crippen MR) is 113 cm³/mol. The number of hydrogen-bond acceptors (Lipinski definition) is 6. The molecule has 1 aliphatic heterocycles. The molecule has 0 unspecified atom stereocenters. The van der Waals surface area contributed by atoms with Crippen LogP contribution >= 0.6 is 0 Å². The van der Waals surface area contributed by atoms with Gasteiger partial charge in [-0.05, 0) is 18.6 Å². The molecule has 0 atom stereocenters. The second-order valence-electron chi connectivity index (χ2n) is 6.96. The number of guanidine groups is 1. The Labute approximate surface area is 171 Å². The van der Waals surface area contributed by atoms with Gasteiger partial charge in [-0.3, -0.25) is 9.62 Å². The van der Waals surface area contributed by atoms with Crippen molar-refractivity contribution < 1.29 is 12.9 Å². The number of aliphatic imine (C=N–C) groups is 1. The van der Waals surface area contributed by atoms with Gasteiger partial charge in [0.25, 0.3) is 0 Å². The van der Waals surface area contributed by atoms with Gasteiger partial charge in [-0.2, -0.15) is 0 Å². The number of para-hydroxylation sites is 1. The SMILES string of the molecule is CCNC(=NCc1ccccc1NS(C)(=O)=O)N1CCN(Cc2ccon2)CC1. The molecule has 1 saturated heterocycles. The van der Waals surface area contributed by atoms with Crippen molar-refractivity contribution in [1.82, 2.24) is 20.3 Å². The van der Waals surface area contributed by atoms with Gasteiger partial charge >= 0.3 is 0 Å². The average molecular weight is 421 g/mol. The molecule has 0 saturated carbocycles. The summed E-state index contributed by atoms with van der Waals surface area (Å²) in [7, 11) is -3.34. The quantitative estimate of drug-likeness (QED) is 0.514. The Morgan fingerprint density at radius 3 is 2.62 bits per heavy atom. The van der Waals surface area contributed by atoms with Crippen molar-refractivity contribution in [1.29, 1.82) is 0 Å². The number of rotatable bonds is 7. The van der Waals surface area contributed by atoms with Crippen molar-refractivity contribution in [2.45, 2.75) is 20.0 Å². The number of nitrogens with one attached hydrogen (secondary N) is 2. The number of anilines is 1. The van der Waals surface area contributed by atoms with E-state index in [1.54, 1.807) is 18.4 Å². The highest BCUT2D eigenvalue weighted by molar-refractivity contribution is 7.92. The minimum Gasteiger partial charge on any atom is -0.364 e. The molecule has 0 amide bonds. The normalized spacial score (nSPS) is 16.1. The molecule has 0 spiro atoms. The minimum absolute atomic E-state index is 0.389. The maximum atomic E-state index is 11.6. The van der Waals surface area contributed by atoms with Crippen molar-refractivity contribution in [3.05, 3.63) is 47.9 Å². The van der Waals surface area contributed by atoms with Crippen molar-refractivity contribution >= 4 is 21.7 Å². The maximum absolute atomic E-state index is 11.6. The van der Waals surface area contributed by atoms with Crippen LogP contribution in [0.5, 0.6) is 0 Å². The van der Waals surface area contributed by atoms with E-state index in [0.29, 0.717) is 12.2 Å². The van der Waals surface area contributed by atoms with Crippen LogP contribution in [0.4, 0.5) is 5.69 Å². The van der Waals surface area contributed by atoms with Gasteiger partial charge in [-0.15, -0.1) is 0 Å². The fraction of sp³-hybridized carbons (Fsp3) is 0.474. The Kier molecular flexibility index (Phi) is 7.10. The van der Waals surface area contributed by atoms with Gasteiger partial charge in [0.05, 0.1) is 24.2 Å². The summed E-state index contributed by atoms with van der Waals surface area (Å²) in [6.07, 6.45) is 2.74. The summed E-state index contributed by atoms with van der Waals surface area (Å²) < 4.78 is 30.7. The monoisotopic (exact) mass is 420 g/mol. The van der Waals surface area contributed by atoms with Crippen molar-refractivity contribution in [3.8, 4) is 0 Å². The molecular formula is C19H28N6O3S. The summed E-state index contributed by atoms with van der Waals surface area (Å²) in [6.45, 7) is 7.49. The van der Waals surface area contributed by atoms with E-state index in [0.717, 1.165) is 62.7 Å². The van der Waals surface area contributed by atoms with Gasteiger partial charge in [-0.1, -0.05) is 23.4 Å². The molecule has 29 heavy (non-hydrogen) atoms. The highest BCUT2D eigenvalue weighted by atomic mass is 32.2. The first kappa shape index (κ1) is 21.1. The van der Waals surface area contributed by atoms with Crippen molar-refractivity contribution in [3.63, 3.8) is 0 Å². The van der Waals surface area contributed by atoms with Gasteiger partial charge in [0.1, 0.15) is 6.26 Å². The van der Waals surface area contributed by atoms with E-state index >= 15 is 0 Å². The molecule has 2 heterocycles. The summed E-state index contributed by atoms with van der Waals surface area (Å²) in [4.78, 5) is 9.32. The summed E-state index contributed by atoms with van der Waals surface area (Å²) in [6, 6.07) is 9.21. The standard InChI is InChI=1S/C19H28N6O3S/c1-3-20-19(21-14-16-6-4-5-7-18(16)23-29(2,26)27)25-11-9-24(10-12-25)15-17-8-13-28-22-17/h4-8,13,23H,3,9-12,14-15H2,1-2H3,(H,20,21). The molecule has 0 aliphatic carbocycles. The smallest absolute Gasteiger partial charge is 0.229 e. The van der Waals surface area contributed by atoms with E-state index in [9.17, 15) is 8.42 Å². The molecular weight excluding hydrogens is 392 g/mol. The molecule has 10 heteroatoms. The zero-order valence-corrected chi connectivity index (χ0v) is 17.7. The van der Waals surface area contributed by atoms with Gasteiger partial charge < -0.3 is 14.7 Å². The maximum Gasteiger partial charge on any atom is 0.229 e. The molecule has 3 rings (SSSR count). The first-order valence-corrected chi connectivity index (χ1v) is 11.5. The number of hydrogen-bond donors (Lipinski definition) is 2. The number of piperazine rings is 1. The Morgan fingerprint density at radius 1 is 1.21 bits per heavy atom. The van der Waals surface area contributed by atoms with Crippen LogP contribution in [0.15, 0.2) is 46.1 Å². The molecule has 1 aliphatic rings. The summed E-state index contributed by atoms with van der Waals surface area (Å²) in [5, 5.41) is 7.32. The summed E-state index contributed by atoms with van der Waals surface area (Å²) in [5.74, 6) is 0.836. The van der Waals surface area contributed by atoms with Crippen LogP contribution in [0.25, 0.3) is 0 Å². The minimum atomic E-state index is -3.34. The number of nitrogens with zero attached hydrogens (tertiary/aromatic N) is 4. The second kappa shape index (κ2) is 9.75. The molecule has 158 valence electrons. The number of sulfonamides is 1. The molecule has 0 radical (unpaired) electrons. The number of aromatic nitrogens is 1. The lowest BCUT2D eigenvalue weighted by molar-refractivity contribution is 0.169. The lowest BCUT2D eigenvalue weighted by atomic mass is 10.2. The Balaban J connectivity index is 1.64. The van der Waals surface area contributed by atoms with Gasteiger partial charge in [0, 0.05) is 45.3 Å². The van der Waals surface area contributed by atoms with Crippen molar-refractivity contribution in [2.24, 2.45) is 4.99 Å². The van der Waals surface area contributed by atoms with E-state index in [-0.39, 0.29) is 0 Å². The highest BCUT2D eigenvalue weighted by Gasteiger charge is 2.20. The van der Waals surface area contributed by atoms with Crippen LogP contribution in [-0.2, 0) is 23.1 Å². The van der Waals surface area contributed by atoms with E-state index in [4.69, 9.17) is 9.52 Å². The number of benzene rings is 1. The average Bonchev–Trinajstić information content (AvgIpc) is 3.19. The van der Waals surface area contributed by atoms with Gasteiger partial charge in [0.15, 0.2) is 5.96 Å². The van der Waals surface area contributed by atoms with Crippen LogP contribution < -0.4 is 10.0 Å². The Hall–Kier alpha value is -2.59. The Morgan fingerprint density at radius 2 is 1.97 bits per heavy atom. The highest BCUT2D eigenvalue weighted by Crippen LogP contribution is 2.17. The third kappa shape index (κ3) is 6.47. The molecule has 1 aromatic carbocycles. The largest absolute Gasteiger partial charge is 0.364 e. The topological polar surface area (TPSA) is 103 Å². The van der Waals surface area contributed by atoms with E-state index in [2.05, 4.69) is 25.0 Å². The van der Waals surface area contributed by atoms with E-state index in [1.807, 2.05) is 25.1 Å². The molecule has 2 N–H and O–H groups in total. The van der Waals surface area contributed by atoms with Gasteiger partial charge in [0.2, 0.25) is 10.0 Å². The summed E-state index contributed by atoms with van der Waals surface area (Å²) in [5.41, 5.74) is 2.33. The fourth-order valence-electron chi connectivity index (χ4n) is 3.21. The van der Waals surface area contributed by atoms with Crippen LogP contribution in [0.3, 0.4) is 0 Å².